The highest BCUT2D eigenvalue weighted by atomic mass is 35.5. The van der Waals surface area contributed by atoms with E-state index in [9.17, 15) is 9.59 Å². The standard InChI is InChI=1S/C17H20N4O2S.ClH/c1-10-2-3-11(16(22)19-12-4-5-12)8-13(10)21-17(23)14-9-24-15(20-14)6-7-18;/h2-3,8-9,12H,4-7,18H2,1H3,(H,19,22)(H,21,23);1H. The average molecular weight is 381 g/mol. The fourth-order valence-corrected chi connectivity index (χ4v) is 3.03. The number of thiazole rings is 1. The first-order valence-corrected chi connectivity index (χ1v) is 8.82. The highest BCUT2D eigenvalue weighted by Crippen LogP contribution is 2.22. The van der Waals surface area contributed by atoms with Crippen molar-refractivity contribution in [3.8, 4) is 0 Å². The number of carbonyl (C=O) groups is 2. The largest absolute Gasteiger partial charge is 0.349 e. The van der Waals surface area contributed by atoms with Gasteiger partial charge in [0.1, 0.15) is 5.69 Å². The summed E-state index contributed by atoms with van der Waals surface area (Å²) < 4.78 is 0. The van der Waals surface area contributed by atoms with Crippen molar-refractivity contribution in [1.29, 1.82) is 0 Å². The van der Waals surface area contributed by atoms with Gasteiger partial charge in [0, 0.05) is 29.1 Å². The molecule has 0 spiro atoms. The van der Waals surface area contributed by atoms with Gasteiger partial charge in [-0.3, -0.25) is 9.59 Å². The Labute approximate surface area is 156 Å². The molecule has 2 aromatic rings. The molecule has 1 aliphatic rings. The highest BCUT2D eigenvalue weighted by molar-refractivity contribution is 7.09. The van der Waals surface area contributed by atoms with Crippen LogP contribution in [0.1, 0.15) is 44.3 Å². The van der Waals surface area contributed by atoms with Crippen molar-refractivity contribution in [3.05, 3.63) is 45.4 Å². The van der Waals surface area contributed by atoms with E-state index in [1.807, 2.05) is 13.0 Å². The molecule has 1 aromatic carbocycles. The minimum absolute atomic E-state index is 0. The van der Waals surface area contributed by atoms with Crippen LogP contribution in [-0.4, -0.2) is 29.4 Å². The minimum atomic E-state index is -0.280. The molecule has 1 aliphatic carbocycles. The normalized spacial score (nSPS) is 13.0. The number of rotatable bonds is 6. The number of nitrogens with zero attached hydrogens (tertiary/aromatic N) is 1. The molecule has 0 bridgehead atoms. The summed E-state index contributed by atoms with van der Waals surface area (Å²) in [6.07, 6.45) is 2.74. The van der Waals surface area contributed by atoms with E-state index in [1.165, 1.54) is 11.3 Å². The number of nitrogens with one attached hydrogen (secondary N) is 2. The van der Waals surface area contributed by atoms with Crippen LogP contribution in [0.3, 0.4) is 0 Å². The molecule has 3 rings (SSSR count). The van der Waals surface area contributed by atoms with Crippen LogP contribution < -0.4 is 16.4 Å². The Kier molecular flexibility index (Phi) is 6.52. The van der Waals surface area contributed by atoms with Crippen LogP contribution in [0.25, 0.3) is 0 Å². The van der Waals surface area contributed by atoms with Crippen molar-refractivity contribution in [1.82, 2.24) is 10.3 Å². The summed E-state index contributed by atoms with van der Waals surface area (Å²) in [4.78, 5) is 28.8. The van der Waals surface area contributed by atoms with Crippen LogP contribution in [0.2, 0.25) is 0 Å². The maximum absolute atomic E-state index is 12.4. The third kappa shape index (κ3) is 5.01. The molecule has 1 fully saturated rings. The first-order valence-electron chi connectivity index (χ1n) is 7.94. The molecule has 8 heteroatoms. The molecule has 0 atom stereocenters. The molecule has 0 radical (unpaired) electrons. The van der Waals surface area contributed by atoms with Gasteiger partial charge in [0.25, 0.3) is 11.8 Å². The summed E-state index contributed by atoms with van der Waals surface area (Å²) in [7, 11) is 0. The van der Waals surface area contributed by atoms with Crippen molar-refractivity contribution in [2.45, 2.75) is 32.2 Å². The molecular weight excluding hydrogens is 360 g/mol. The van der Waals surface area contributed by atoms with E-state index in [4.69, 9.17) is 5.73 Å². The van der Waals surface area contributed by atoms with Crippen LogP contribution in [0.15, 0.2) is 23.6 Å². The topological polar surface area (TPSA) is 97.1 Å². The average Bonchev–Trinajstić information content (AvgIpc) is 3.24. The van der Waals surface area contributed by atoms with E-state index in [-0.39, 0.29) is 24.2 Å². The molecule has 25 heavy (non-hydrogen) atoms. The number of aromatic nitrogens is 1. The van der Waals surface area contributed by atoms with Gasteiger partial charge in [-0.25, -0.2) is 4.98 Å². The Morgan fingerprint density at radius 2 is 2.08 bits per heavy atom. The predicted octanol–water partition coefficient (Wildman–Crippen LogP) is 2.52. The zero-order valence-corrected chi connectivity index (χ0v) is 15.5. The van der Waals surface area contributed by atoms with Gasteiger partial charge in [-0.05, 0) is 44.0 Å². The Hall–Kier alpha value is -1.96. The summed E-state index contributed by atoms with van der Waals surface area (Å²) >= 11 is 1.42. The molecule has 2 amide bonds. The maximum Gasteiger partial charge on any atom is 0.275 e. The van der Waals surface area contributed by atoms with Gasteiger partial charge in [-0.15, -0.1) is 23.7 Å². The van der Waals surface area contributed by atoms with E-state index >= 15 is 0 Å². The van der Waals surface area contributed by atoms with Crippen molar-refractivity contribution >= 4 is 41.2 Å². The molecule has 6 nitrogen and oxygen atoms in total. The zero-order chi connectivity index (χ0) is 17.1. The molecule has 0 unspecified atom stereocenters. The Morgan fingerprint density at radius 3 is 2.76 bits per heavy atom. The smallest absolute Gasteiger partial charge is 0.275 e. The number of anilines is 1. The number of aryl methyl sites for hydroxylation is 1. The lowest BCUT2D eigenvalue weighted by Gasteiger charge is -2.10. The molecule has 1 saturated carbocycles. The second kappa shape index (κ2) is 8.42. The number of nitrogens with two attached hydrogens (primary N) is 1. The second-order valence-corrected chi connectivity index (χ2v) is 6.84. The van der Waals surface area contributed by atoms with E-state index < -0.39 is 0 Å². The molecule has 1 aromatic heterocycles. The lowest BCUT2D eigenvalue weighted by Crippen LogP contribution is -2.25. The lowest BCUT2D eigenvalue weighted by molar-refractivity contribution is 0.0949. The number of hydrogen-bond acceptors (Lipinski definition) is 5. The highest BCUT2D eigenvalue weighted by Gasteiger charge is 2.24. The minimum Gasteiger partial charge on any atom is -0.349 e. The van der Waals surface area contributed by atoms with Crippen molar-refractivity contribution in [2.75, 3.05) is 11.9 Å². The molecule has 4 N–H and O–H groups in total. The van der Waals surface area contributed by atoms with E-state index in [1.54, 1.807) is 17.5 Å². The summed E-state index contributed by atoms with van der Waals surface area (Å²) in [6.45, 7) is 2.39. The van der Waals surface area contributed by atoms with Crippen LogP contribution in [0, 0.1) is 6.92 Å². The van der Waals surface area contributed by atoms with E-state index in [0.29, 0.717) is 36.0 Å². The van der Waals surface area contributed by atoms with Crippen LogP contribution in [0.4, 0.5) is 5.69 Å². The van der Waals surface area contributed by atoms with Gasteiger partial charge < -0.3 is 16.4 Å². The van der Waals surface area contributed by atoms with E-state index in [2.05, 4.69) is 15.6 Å². The Bertz CT molecular complexity index is 774. The number of carbonyl (C=O) groups excluding carboxylic acids is 2. The quantitative estimate of drug-likeness (QED) is 0.717. The van der Waals surface area contributed by atoms with Crippen molar-refractivity contribution in [3.63, 3.8) is 0 Å². The summed E-state index contributed by atoms with van der Waals surface area (Å²) in [5.74, 6) is -0.385. The number of benzene rings is 1. The Morgan fingerprint density at radius 1 is 1.32 bits per heavy atom. The molecule has 134 valence electrons. The van der Waals surface area contributed by atoms with Gasteiger partial charge in [0.05, 0.1) is 5.01 Å². The number of amides is 2. The third-order valence-electron chi connectivity index (χ3n) is 3.80. The second-order valence-electron chi connectivity index (χ2n) is 5.90. The van der Waals surface area contributed by atoms with Gasteiger partial charge in [0.15, 0.2) is 0 Å². The summed E-state index contributed by atoms with van der Waals surface area (Å²) in [5.41, 5.74) is 7.93. The third-order valence-corrected chi connectivity index (χ3v) is 4.71. The maximum atomic E-state index is 12.4. The molecule has 1 heterocycles. The summed E-state index contributed by atoms with van der Waals surface area (Å²) in [5, 5.41) is 8.35. The first kappa shape index (κ1) is 19.4. The van der Waals surface area contributed by atoms with E-state index in [0.717, 1.165) is 23.4 Å². The van der Waals surface area contributed by atoms with Gasteiger partial charge in [-0.2, -0.15) is 0 Å². The van der Waals surface area contributed by atoms with Crippen LogP contribution in [0.5, 0.6) is 0 Å². The first-order chi connectivity index (χ1) is 11.6. The number of halogens is 1. The monoisotopic (exact) mass is 380 g/mol. The van der Waals surface area contributed by atoms with Gasteiger partial charge in [-0.1, -0.05) is 6.07 Å². The fourth-order valence-electron chi connectivity index (χ4n) is 2.23. The molecular formula is C17H21ClN4O2S. The SMILES string of the molecule is Cc1ccc(C(=O)NC2CC2)cc1NC(=O)c1csc(CCN)n1.Cl. The van der Waals surface area contributed by atoms with Gasteiger partial charge >= 0.3 is 0 Å². The zero-order valence-electron chi connectivity index (χ0n) is 13.9. The van der Waals surface area contributed by atoms with Gasteiger partial charge in [0.2, 0.25) is 0 Å². The Balaban J connectivity index is 0.00000225. The van der Waals surface area contributed by atoms with Crippen LogP contribution >= 0.6 is 23.7 Å². The number of hydrogen-bond donors (Lipinski definition) is 3. The van der Waals surface area contributed by atoms with Crippen molar-refractivity contribution < 1.29 is 9.59 Å². The molecule has 0 saturated heterocycles. The predicted molar refractivity (Wildman–Crippen MR) is 102 cm³/mol. The summed E-state index contributed by atoms with van der Waals surface area (Å²) in [6, 6.07) is 5.61. The fraction of sp³-hybridized carbons (Fsp3) is 0.353. The lowest BCUT2D eigenvalue weighted by atomic mass is 10.1. The van der Waals surface area contributed by atoms with Crippen LogP contribution in [-0.2, 0) is 6.42 Å². The molecule has 0 aliphatic heterocycles. The van der Waals surface area contributed by atoms with Crippen molar-refractivity contribution in [2.24, 2.45) is 5.73 Å².